The van der Waals surface area contributed by atoms with E-state index in [1.54, 1.807) is 0 Å². The molecule has 0 heterocycles. The maximum atomic E-state index is 5.80. The minimum atomic E-state index is 0.611. The lowest BCUT2D eigenvalue weighted by molar-refractivity contribution is 0.306. The minimum absolute atomic E-state index is 0.611. The second kappa shape index (κ2) is 6.10. The molecule has 0 fully saturated rings. The Morgan fingerprint density at radius 3 is 2.50 bits per heavy atom. The van der Waals surface area contributed by atoms with Crippen LogP contribution in [0.1, 0.15) is 12.5 Å². The molecule has 2 nitrogen and oxygen atoms in total. The number of hydrogen-bond donors (Lipinski definition) is 0. The molecule has 0 saturated heterocycles. The van der Waals surface area contributed by atoms with Gasteiger partial charge in [0.15, 0.2) is 0 Å². The average Bonchev–Trinajstić information content (AvgIpc) is 2.45. The number of rotatable bonds is 5. The van der Waals surface area contributed by atoms with Crippen molar-refractivity contribution in [1.82, 2.24) is 0 Å². The molecule has 0 radical (unpaired) electrons. The number of hydrogen-bond acceptors (Lipinski definition) is 2. The summed E-state index contributed by atoms with van der Waals surface area (Å²) in [5, 5.41) is 0. The predicted molar refractivity (Wildman–Crippen MR) is 76.2 cm³/mol. The van der Waals surface area contributed by atoms with Gasteiger partial charge in [0, 0.05) is 25.3 Å². The lowest BCUT2D eigenvalue weighted by Crippen LogP contribution is -2.15. The first kappa shape index (κ1) is 12.5. The zero-order valence-electron chi connectivity index (χ0n) is 11.0. The van der Waals surface area contributed by atoms with E-state index in [-0.39, 0.29) is 0 Å². The molecule has 0 atom stereocenters. The lowest BCUT2D eigenvalue weighted by atomic mass is 10.2. The van der Waals surface area contributed by atoms with Crippen LogP contribution in [-0.2, 0) is 6.61 Å². The third kappa shape index (κ3) is 3.27. The van der Waals surface area contributed by atoms with Crippen molar-refractivity contribution in [2.45, 2.75) is 13.5 Å². The van der Waals surface area contributed by atoms with Gasteiger partial charge in [0.2, 0.25) is 0 Å². The first-order valence-electron chi connectivity index (χ1n) is 6.27. The summed E-state index contributed by atoms with van der Waals surface area (Å²) in [5.74, 6) is 0.914. The van der Waals surface area contributed by atoms with E-state index in [0.717, 1.165) is 12.3 Å². The van der Waals surface area contributed by atoms with E-state index in [0.29, 0.717) is 6.61 Å². The smallest absolute Gasteiger partial charge is 0.121 e. The van der Waals surface area contributed by atoms with Gasteiger partial charge in [-0.25, -0.2) is 0 Å². The molecule has 0 saturated carbocycles. The quantitative estimate of drug-likeness (QED) is 0.791. The molecule has 0 aliphatic heterocycles. The molecular formula is C16H19NO. The van der Waals surface area contributed by atoms with Crippen molar-refractivity contribution in [3.63, 3.8) is 0 Å². The highest BCUT2D eigenvalue weighted by Gasteiger charge is 2.00. The zero-order chi connectivity index (χ0) is 12.8. The monoisotopic (exact) mass is 241 g/mol. The van der Waals surface area contributed by atoms with Crippen LogP contribution in [-0.4, -0.2) is 13.6 Å². The van der Waals surface area contributed by atoms with Crippen LogP contribution in [0.15, 0.2) is 54.6 Å². The molecule has 0 spiro atoms. The molecule has 0 aromatic heterocycles. The fraction of sp³-hybridized carbons (Fsp3) is 0.250. The van der Waals surface area contributed by atoms with Crippen molar-refractivity contribution in [3.8, 4) is 5.75 Å². The van der Waals surface area contributed by atoms with Gasteiger partial charge in [0.05, 0.1) is 0 Å². The average molecular weight is 241 g/mol. The Hall–Kier alpha value is -1.96. The fourth-order valence-electron chi connectivity index (χ4n) is 1.73. The Balaban J connectivity index is 2.01. The summed E-state index contributed by atoms with van der Waals surface area (Å²) in [6.07, 6.45) is 0. The summed E-state index contributed by atoms with van der Waals surface area (Å²) in [4.78, 5) is 2.19. The Bertz CT molecular complexity index is 481. The standard InChI is InChI=1S/C16H19NO/c1-3-17(2)15-10-7-11-16(12-15)18-13-14-8-5-4-6-9-14/h4-12H,3,13H2,1-2H3. The fourth-order valence-corrected chi connectivity index (χ4v) is 1.73. The van der Waals surface area contributed by atoms with Crippen LogP contribution in [0.2, 0.25) is 0 Å². The van der Waals surface area contributed by atoms with Crippen LogP contribution in [0.4, 0.5) is 5.69 Å². The predicted octanol–water partition coefficient (Wildman–Crippen LogP) is 3.72. The Kier molecular flexibility index (Phi) is 4.24. The van der Waals surface area contributed by atoms with E-state index in [2.05, 4.69) is 43.1 Å². The summed E-state index contributed by atoms with van der Waals surface area (Å²) < 4.78 is 5.80. The van der Waals surface area contributed by atoms with Gasteiger partial charge < -0.3 is 9.64 Å². The van der Waals surface area contributed by atoms with Crippen LogP contribution >= 0.6 is 0 Å². The minimum Gasteiger partial charge on any atom is -0.489 e. The maximum Gasteiger partial charge on any atom is 0.121 e. The topological polar surface area (TPSA) is 12.5 Å². The first-order valence-corrected chi connectivity index (χ1v) is 6.27. The molecule has 0 N–H and O–H groups in total. The number of anilines is 1. The van der Waals surface area contributed by atoms with Crippen molar-refractivity contribution in [2.24, 2.45) is 0 Å². The van der Waals surface area contributed by atoms with Gasteiger partial charge in [0.1, 0.15) is 12.4 Å². The van der Waals surface area contributed by atoms with Crippen molar-refractivity contribution in [1.29, 1.82) is 0 Å². The van der Waals surface area contributed by atoms with Crippen molar-refractivity contribution < 1.29 is 4.74 Å². The van der Waals surface area contributed by atoms with Crippen molar-refractivity contribution in [2.75, 3.05) is 18.5 Å². The number of nitrogens with zero attached hydrogens (tertiary/aromatic N) is 1. The second-order valence-electron chi connectivity index (χ2n) is 4.29. The highest BCUT2D eigenvalue weighted by atomic mass is 16.5. The van der Waals surface area contributed by atoms with Crippen LogP contribution in [0.5, 0.6) is 5.75 Å². The van der Waals surface area contributed by atoms with Crippen molar-refractivity contribution >= 4 is 5.69 Å². The van der Waals surface area contributed by atoms with E-state index in [1.807, 2.05) is 30.3 Å². The molecule has 18 heavy (non-hydrogen) atoms. The lowest BCUT2D eigenvalue weighted by Gasteiger charge is -2.17. The Morgan fingerprint density at radius 2 is 1.78 bits per heavy atom. The Labute approximate surface area is 109 Å². The van der Waals surface area contributed by atoms with Crippen LogP contribution in [0.25, 0.3) is 0 Å². The van der Waals surface area contributed by atoms with Gasteiger partial charge in [-0.15, -0.1) is 0 Å². The van der Waals surface area contributed by atoms with E-state index in [9.17, 15) is 0 Å². The SMILES string of the molecule is CCN(C)c1cccc(OCc2ccccc2)c1. The summed E-state index contributed by atoms with van der Waals surface area (Å²) in [6, 6.07) is 18.4. The highest BCUT2D eigenvalue weighted by Crippen LogP contribution is 2.20. The van der Waals surface area contributed by atoms with Gasteiger partial charge >= 0.3 is 0 Å². The van der Waals surface area contributed by atoms with Gasteiger partial charge in [-0.3, -0.25) is 0 Å². The first-order chi connectivity index (χ1) is 8.79. The molecule has 2 rings (SSSR count). The van der Waals surface area contributed by atoms with Gasteiger partial charge in [-0.1, -0.05) is 36.4 Å². The summed E-state index contributed by atoms with van der Waals surface area (Å²) >= 11 is 0. The van der Waals surface area contributed by atoms with Crippen LogP contribution in [0.3, 0.4) is 0 Å². The highest BCUT2D eigenvalue weighted by molar-refractivity contribution is 5.49. The molecule has 0 amide bonds. The van der Waals surface area contributed by atoms with Gasteiger partial charge in [0.25, 0.3) is 0 Å². The van der Waals surface area contributed by atoms with E-state index in [1.165, 1.54) is 11.3 Å². The number of benzene rings is 2. The van der Waals surface area contributed by atoms with Crippen LogP contribution in [0, 0.1) is 0 Å². The molecular weight excluding hydrogens is 222 g/mol. The van der Waals surface area contributed by atoms with Gasteiger partial charge in [-0.05, 0) is 24.6 Å². The van der Waals surface area contributed by atoms with Crippen LogP contribution < -0.4 is 9.64 Å². The Morgan fingerprint density at radius 1 is 1.00 bits per heavy atom. The summed E-state index contributed by atoms with van der Waals surface area (Å²) in [7, 11) is 2.08. The zero-order valence-corrected chi connectivity index (χ0v) is 11.0. The molecule has 0 aliphatic rings. The molecule has 2 heteroatoms. The largest absolute Gasteiger partial charge is 0.489 e. The molecule has 2 aromatic rings. The van der Waals surface area contributed by atoms with Gasteiger partial charge in [-0.2, -0.15) is 0 Å². The van der Waals surface area contributed by atoms with E-state index < -0.39 is 0 Å². The van der Waals surface area contributed by atoms with Crippen molar-refractivity contribution in [3.05, 3.63) is 60.2 Å². The summed E-state index contributed by atoms with van der Waals surface area (Å²) in [5.41, 5.74) is 2.37. The molecule has 0 aliphatic carbocycles. The maximum absolute atomic E-state index is 5.80. The second-order valence-corrected chi connectivity index (χ2v) is 4.29. The third-order valence-corrected chi connectivity index (χ3v) is 2.98. The summed E-state index contributed by atoms with van der Waals surface area (Å²) in [6.45, 7) is 3.74. The third-order valence-electron chi connectivity index (χ3n) is 2.98. The van der Waals surface area contributed by atoms with E-state index in [4.69, 9.17) is 4.74 Å². The normalized spacial score (nSPS) is 10.1. The molecule has 94 valence electrons. The molecule has 0 bridgehead atoms. The molecule has 0 unspecified atom stereocenters. The molecule has 2 aromatic carbocycles. The number of ether oxygens (including phenoxy) is 1. The van der Waals surface area contributed by atoms with E-state index >= 15 is 0 Å².